The van der Waals surface area contributed by atoms with Crippen molar-refractivity contribution in [2.45, 2.75) is 0 Å². The molecule has 2 rings (SSSR count). The summed E-state index contributed by atoms with van der Waals surface area (Å²) in [5.74, 6) is -2.20. The van der Waals surface area contributed by atoms with Crippen LogP contribution in [0.15, 0.2) is 47.6 Å². The van der Waals surface area contributed by atoms with Crippen LogP contribution in [-0.4, -0.2) is 39.8 Å². The normalized spacial score (nSPS) is 10.5. The fraction of sp³-hybridized carbons (Fsp3) is 0.0625. The zero-order valence-corrected chi connectivity index (χ0v) is 13.2. The van der Waals surface area contributed by atoms with Crippen molar-refractivity contribution in [3.8, 4) is 11.5 Å². The van der Waals surface area contributed by atoms with Gasteiger partial charge >= 0.3 is 5.97 Å². The standard InChI is InChI=1S/C16H13N3O7/c20-13-6-5-11(19(24)25)7-12(13)16(23)18-17-8-10-3-1-2-4-14(10)26-9-15(21)22/h1-8,20H,9H2,(H,18,23)(H,21,22)/b17-8+. The molecule has 10 nitrogen and oxygen atoms in total. The van der Waals surface area contributed by atoms with Crippen LogP contribution in [0.4, 0.5) is 5.69 Å². The van der Waals surface area contributed by atoms with Crippen LogP contribution in [-0.2, 0) is 4.79 Å². The first-order valence-corrected chi connectivity index (χ1v) is 7.13. The van der Waals surface area contributed by atoms with Gasteiger partial charge in [-0.3, -0.25) is 14.9 Å². The summed E-state index contributed by atoms with van der Waals surface area (Å²) >= 11 is 0. The number of carboxylic acid groups (broad SMARTS) is 1. The van der Waals surface area contributed by atoms with Crippen LogP contribution in [0.3, 0.4) is 0 Å². The van der Waals surface area contributed by atoms with Gasteiger partial charge in [-0.1, -0.05) is 12.1 Å². The molecule has 134 valence electrons. The molecule has 10 heteroatoms. The summed E-state index contributed by atoms with van der Waals surface area (Å²) in [5.41, 5.74) is 1.85. The van der Waals surface area contributed by atoms with Gasteiger partial charge in [0.1, 0.15) is 11.5 Å². The first-order chi connectivity index (χ1) is 12.4. The number of ether oxygens (including phenoxy) is 1. The molecule has 1 amide bonds. The molecule has 3 N–H and O–H groups in total. The van der Waals surface area contributed by atoms with Crippen molar-refractivity contribution < 1.29 is 29.5 Å². The number of hydrogen-bond acceptors (Lipinski definition) is 7. The fourth-order valence-electron chi connectivity index (χ4n) is 1.90. The maximum atomic E-state index is 12.0. The van der Waals surface area contributed by atoms with Crippen LogP contribution in [0, 0.1) is 10.1 Å². The van der Waals surface area contributed by atoms with Crippen molar-refractivity contribution in [1.82, 2.24) is 5.43 Å². The zero-order chi connectivity index (χ0) is 19.1. The number of aromatic hydroxyl groups is 1. The summed E-state index contributed by atoms with van der Waals surface area (Å²) in [7, 11) is 0. The second-order valence-electron chi connectivity index (χ2n) is 4.88. The summed E-state index contributed by atoms with van der Waals surface area (Å²) in [4.78, 5) is 32.6. The number of carbonyl (C=O) groups excluding carboxylic acids is 1. The molecular weight excluding hydrogens is 346 g/mol. The summed E-state index contributed by atoms with van der Waals surface area (Å²) in [5, 5.41) is 32.7. The largest absolute Gasteiger partial charge is 0.507 e. The lowest BCUT2D eigenvalue weighted by Crippen LogP contribution is -2.18. The molecule has 0 aliphatic rings. The van der Waals surface area contributed by atoms with Crippen LogP contribution < -0.4 is 10.2 Å². The number of carbonyl (C=O) groups is 2. The number of nitro benzene ring substituents is 1. The van der Waals surface area contributed by atoms with Crippen molar-refractivity contribution in [2.75, 3.05) is 6.61 Å². The van der Waals surface area contributed by atoms with Crippen LogP contribution in [0.2, 0.25) is 0 Å². The molecule has 0 unspecified atom stereocenters. The Balaban J connectivity index is 2.11. The lowest BCUT2D eigenvalue weighted by Gasteiger charge is -2.06. The van der Waals surface area contributed by atoms with Gasteiger partial charge < -0.3 is 14.9 Å². The lowest BCUT2D eigenvalue weighted by atomic mass is 10.1. The number of carboxylic acids is 1. The predicted octanol–water partition coefficient (Wildman–Crippen LogP) is 1.53. The number of nitrogens with one attached hydrogen (secondary N) is 1. The van der Waals surface area contributed by atoms with Gasteiger partial charge in [-0.2, -0.15) is 5.10 Å². The van der Waals surface area contributed by atoms with E-state index < -0.39 is 29.2 Å². The van der Waals surface area contributed by atoms with Gasteiger partial charge in [0.05, 0.1) is 16.7 Å². The predicted molar refractivity (Wildman–Crippen MR) is 89.4 cm³/mol. The van der Waals surface area contributed by atoms with Gasteiger partial charge in [0.2, 0.25) is 0 Å². The maximum absolute atomic E-state index is 12.0. The minimum Gasteiger partial charge on any atom is -0.507 e. The monoisotopic (exact) mass is 359 g/mol. The van der Waals surface area contributed by atoms with E-state index in [-0.39, 0.29) is 17.0 Å². The van der Waals surface area contributed by atoms with Gasteiger partial charge in [-0.05, 0) is 18.2 Å². The summed E-state index contributed by atoms with van der Waals surface area (Å²) < 4.78 is 5.08. The maximum Gasteiger partial charge on any atom is 0.341 e. The number of phenolic OH excluding ortho intramolecular Hbond substituents is 1. The molecule has 0 aliphatic carbocycles. The number of para-hydroxylation sites is 1. The van der Waals surface area contributed by atoms with Crippen molar-refractivity contribution in [3.63, 3.8) is 0 Å². The van der Waals surface area contributed by atoms with E-state index in [1.807, 2.05) is 0 Å². The van der Waals surface area contributed by atoms with Crippen LogP contribution >= 0.6 is 0 Å². The molecule has 0 aliphatic heterocycles. The molecule has 0 heterocycles. The molecule has 0 saturated carbocycles. The van der Waals surface area contributed by atoms with Gasteiger partial charge in [-0.15, -0.1) is 0 Å². The number of nitrogens with zero attached hydrogens (tertiary/aromatic N) is 2. The third kappa shape index (κ3) is 4.77. The first-order valence-electron chi connectivity index (χ1n) is 7.13. The van der Waals surface area contributed by atoms with Gasteiger partial charge in [0.15, 0.2) is 6.61 Å². The number of non-ortho nitro benzene ring substituents is 1. The minimum absolute atomic E-state index is 0.242. The SMILES string of the molecule is O=C(O)COc1ccccc1/C=N/NC(=O)c1cc([N+](=O)[O-])ccc1O. The second-order valence-corrected chi connectivity index (χ2v) is 4.88. The van der Waals surface area contributed by atoms with Gasteiger partial charge in [0.25, 0.3) is 11.6 Å². The van der Waals surface area contributed by atoms with Crippen molar-refractivity contribution in [3.05, 3.63) is 63.7 Å². The number of hydrogen-bond donors (Lipinski definition) is 3. The molecule has 2 aromatic carbocycles. The van der Waals surface area contributed by atoms with Crippen LogP contribution in [0.1, 0.15) is 15.9 Å². The van der Waals surface area contributed by atoms with Crippen LogP contribution in [0.25, 0.3) is 0 Å². The average Bonchev–Trinajstić information content (AvgIpc) is 2.60. The molecule has 2 aromatic rings. The number of phenols is 1. The Morgan fingerprint density at radius 1 is 1.27 bits per heavy atom. The first kappa shape index (κ1) is 18.4. The summed E-state index contributed by atoms with van der Waals surface area (Å²) in [6.45, 7) is -0.543. The van der Waals surface area contributed by atoms with E-state index in [0.29, 0.717) is 5.56 Å². The Morgan fingerprint density at radius 3 is 2.69 bits per heavy atom. The van der Waals surface area contributed by atoms with E-state index in [2.05, 4.69) is 10.5 Å². The van der Waals surface area contributed by atoms with E-state index in [1.54, 1.807) is 18.2 Å². The average molecular weight is 359 g/mol. The van der Waals surface area contributed by atoms with Crippen molar-refractivity contribution in [2.24, 2.45) is 5.10 Å². The molecule has 0 spiro atoms. The Hall–Kier alpha value is -3.95. The number of hydrazone groups is 1. The highest BCUT2D eigenvalue weighted by Gasteiger charge is 2.16. The molecule has 0 bridgehead atoms. The number of amides is 1. The molecule has 0 aromatic heterocycles. The number of benzene rings is 2. The molecule has 0 saturated heterocycles. The summed E-state index contributed by atoms with van der Waals surface area (Å²) in [6.07, 6.45) is 1.21. The highest BCUT2D eigenvalue weighted by atomic mass is 16.6. The summed E-state index contributed by atoms with van der Waals surface area (Å²) in [6, 6.07) is 9.41. The molecule has 26 heavy (non-hydrogen) atoms. The third-order valence-corrected chi connectivity index (χ3v) is 3.08. The molecule has 0 radical (unpaired) electrons. The minimum atomic E-state index is -1.15. The van der Waals surface area contributed by atoms with Crippen molar-refractivity contribution >= 4 is 23.8 Å². The van der Waals surface area contributed by atoms with Crippen LogP contribution in [0.5, 0.6) is 11.5 Å². The molecule has 0 fully saturated rings. The third-order valence-electron chi connectivity index (χ3n) is 3.08. The lowest BCUT2D eigenvalue weighted by molar-refractivity contribution is -0.384. The van der Waals surface area contributed by atoms with E-state index >= 15 is 0 Å². The second kappa shape index (κ2) is 8.24. The fourth-order valence-corrected chi connectivity index (χ4v) is 1.90. The quantitative estimate of drug-likeness (QED) is 0.385. The van der Waals surface area contributed by atoms with Gasteiger partial charge in [-0.25, -0.2) is 10.2 Å². The molecular formula is C16H13N3O7. The molecule has 0 atom stereocenters. The Morgan fingerprint density at radius 2 is 2.00 bits per heavy atom. The van der Waals surface area contributed by atoms with Crippen molar-refractivity contribution in [1.29, 1.82) is 0 Å². The highest BCUT2D eigenvalue weighted by molar-refractivity contribution is 5.98. The number of aliphatic carboxylic acids is 1. The number of nitro groups is 1. The Labute approximate surface area is 146 Å². The van der Waals surface area contributed by atoms with E-state index in [0.717, 1.165) is 18.2 Å². The zero-order valence-electron chi connectivity index (χ0n) is 13.2. The van der Waals surface area contributed by atoms with E-state index in [1.165, 1.54) is 12.3 Å². The van der Waals surface area contributed by atoms with Gasteiger partial charge in [0, 0.05) is 17.7 Å². The van der Waals surface area contributed by atoms with E-state index in [9.17, 15) is 24.8 Å². The Bertz CT molecular complexity index is 880. The van der Waals surface area contributed by atoms with E-state index in [4.69, 9.17) is 9.84 Å². The Kier molecular flexibility index (Phi) is 5.83. The smallest absolute Gasteiger partial charge is 0.341 e. The highest BCUT2D eigenvalue weighted by Crippen LogP contribution is 2.22. The number of rotatable bonds is 7. The topological polar surface area (TPSA) is 151 Å².